The fraction of sp³-hybridized carbons (Fsp3) is 0.727. The number of unbranched alkanes of at least 4 members (excludes halogenated alkanes) is 1. The van der Waals surface area contributed by atoms with Crippen LogP contribution in [0.25, 0.3) is 0 Å². The maximum atomic E-state index is 11.3. The van der Waals surface area contributed by atoms with Crippen molar-refractivity contribution in [3.05, 3.63) is 11.8 Å². The number of carbonyl (C=O) groups excluding carboxylic acids is 1. The highest BCUT2D eigenvalue weighted by Gasteiger charge is 2.10. The van der Waals surface area contributed by atoms with Crippen LogP contribution in [0.1, 0.15) is 38.5 Å². The normalized spacial score (nSPS) is 15.4. The second kappa shape index (κ2) is 6.60. The number of esters is 1. The highest BCUT2D eigenvalue weighted by Crippen LogP contribution is 2.19. The lowest BCUT2D eigenvalue weighted by Gasteiger charge is -2.04. The van der Waals surface area contributed by atoms with Crippen LogP contribution in [-0.2, 0) is 14.3 Å². The Morgan fingerprint density at radius 3 is 3.00 bits per heavy atom. The number of hydrogen-bond acceptors (Lipinski definition) is 3. The van der Waals surface area contributed by atoms with Crippen molar-refractivity contribution in [2.75, 3.05) is 13.7 Å². The third-order valence-corrected chi connectivity index (χ3v) is 2.22. The molecule has 0 aromatic heterocycles. The Hall–Kier alpha value is -0.830. The molecule has 1 aliphatic rings. The minimum atomic E-state index is -0.103. The molecule has 0 amide bonds. The Bertz CT molecular complexity index is 209. The van der Waals surface area contributed by atoms with Gasteiger partial charge in [0, 0.05) is 26.6 Å². The Morgan fingerprint density at radius 2 is 2.36 bits per heavy atom. The fourth-order valence-electron chi connectivity index (χ4n) is 1.45. The summed E-state index contributed by atoms with van der Waals surface area (Å²) in [5.41, 5.74) is 0. The van der Waals surface area contributed by atoms with Gasteiger partial charge in [0.2, 0.25) is 0 Å². The number of allylic oxidation sites excluding steroid dienone is 2. The minimum Gasteiger partial charge on any atom is -0.431 e. The van der Waals surface area contributed by atoms with Crippen LogP contribution in [0.3, 0.4) is 0 Å². The highest BCUT2D eigenvalue weighted by atomic mass is 16.5. The molecule has 0 aliphatic heterocycles. The van der Waals surface area contributed by atoms with Gasteiger partial charge >= 0.3 is 5.97 Å². The average Bonchev–Trinajstić information content (AvgIpc) is 2.65. The van der Waals surface area contributed by atoms with Crippen molar-refractivity contribution in [3.8, 4) is 0 Å². The molecule has 0 radical (unpaired) electrons. The van der Waals surface area contributed by atoms with Gasteiger partial charge in [0.05, 0.1) is 0 Å². The first-order valence-corrected chi connectivity index (χ1v) is 5.21. The summed E-state index contributed by atoms with van der Waals surface area (Å²) in [7, 11) is 1.67. The van der Waals surface area contributed by atoms with Crippen LogP contribution in [0.4, 0.5) is 0 Å². The van der Waals surface area contributed by atoms with Crippen LogP contribution < -0.4 is 0 Å². The molecule has 0 heterocycles. The van der Waals surface area contributed by atoms with Crippen LogP contribution >= 0.6 is 0 Å². The SMILES string of the molecule is COCCCCC(=O)OC1=CCCC1. The molecule has 3 heteroatoms. The van der Waals surface area contributed by atoms with E-state index in [-0.39, 0.29) is 5.97 Å². The van der Waals surface area contributed by atoms with Crippen molar-refractivity contribution in [3.63, 3.8) is 0 Å². The van der Waals surface area contributed by atoms with Gasteiger partial charge < -0.3 is 9.47 Å². The van der Waals surface area contributed by atoms with Gasteiger partial charge in [0.25, 0.3) is 0 Å². The Balaban J connectivity index is 2.04. The van der Waals surface area contributed by atoms with Gasteiger partial charge in [-0.15, -0.1) is 0 Å². The average molecular weight is 198 g/mol. The lowest BCUT2D eigenvalue weighted by Crippen LogP contribution is -2.03. The molecule has 0 saturated heterocycles. The molecule has 1 aliphatic carbocycles. The molecular formula is C11H18O3. The number of rotatable bonds is 6. The van der Waals surface area contributed by atoms with E-state index in [0.29, 0.717) is 6.42 Å². The van der Waals surface area contributed by atoms with E-state index in [9.17, 15) is 4.79 Å². The van der Waals surface area contributed by atoms with Crippen molar-refractivity contribution in [2.45, 2.75) is 38.5 Å². The monoisotopic (exact) mass is 198 g/mol. The van der Waals surface area contributed by atoms with Gasteiger partial charge in [-0.05, 0) is 31.8 Å². The Labute approximate surface area is 85.1 Å². The quantitative estimate of drug-likeness (QED) is 0.485. The third-order valence-electron chi connectivity index (χ3n) is 2.22. The first-order chi connectivity index (χ1) is 6.83. The summed E-state index contributed by atoms with van der Waals surface area (Å²) < 4.78 is 10.1. The van der Waals surface area contributed by atoms with Crippen molar-refractivity contribution in [1.29, 1.82) is 0 Å². The zero-order valence-electron chi connectivity index (χ0n) is 8.75. The lowest BCUT2D eigenvalue weighted by atomic mass is 10.2. The van der Waals surface area contributed by atoms with Crippen molar-refractivity contribution >= 4 is 5.97 Å². The van der Waals surface area contributed by atoms with E-state index in [4.69, 9.17) is 9.47 Å². The summed E-state index contributed by atoms with van der Waals surface area (Å²) in [6, 6.07) is 0. The number of ether oxygens (including phenoxy) is 2. The van der Waals surface area contributed by atoms with Gasteiger partial charge in [0.15, 0.2) is 0 Å². The topological polar surface area (TPSA) is 35.5 Å². The third kappa shape index (κ3) is 4.42. The molecule has 0 saturated carbocycles. The van der Waals surface area contributed by atoms with Gasteiger partial charge in [-0.1, -0.05) is 0 Å². The second-order valence-electron chi connectivity index (χ2n) is 3.49. The smallest absolute Gasteiger partial charge is 0.310 e. The summed E-state index contributed by atoms with van der Waals surface area (Å²) in [5, 5.41) is 0. The van der Waals surface area contributed by atoms with E-state index < -0.39 is 0 Å². The van der Waals surface area contributed by atoms with Crippen LogP contribution in [0.2, 0.25) is 0 Å². The first-order valence-electron chi connectivity index (χ1n) is 5.21. The molecule has 0 unspecified atom stereocenters. The fourth-order valence-corrected chi connectivity index (χ4v) is 1.45. The molecule has 0 fully saturated rings. The van der Waals surface area contributed by atoms with Crippen molar-refractivity contribution in [2.24, 2.45) is 0 Å². The van der Waals surface area contributed by atoms with Gasteiger partial charge in [-0.2, -0.15) is 0 Å². The Kier molecular flexibility index (Phi) is 5.30. The number of methoxy groups -OCH3 is 1. The maximum Gasteiger partial charge on any atom is 0.310 e. The van der Waals surface area contributed by atoms with E-state index >= 15 is 0 Å². The molecule has 80 valence electrons. The van der Waals surface area contributed by atoms with Crippen molar-refractivity contribution in [1.82, 2.24) is 0 Å². The maximum absolute atomic E-state index is 11.3. The van der Waals surface area contributed by atoms with Crippen LogP contribution in [0.5, 0.6) is 0 Å². The van der Waals surface area contributed by atoms with E-state index in [1.165, 1.54) is 0 Å². The standard InChI is InChI=1S/C11H18O3/c1-13-9-5-4-8-11(12)14-10-6-2-3-7-10/h6H,2-5,7-9H2,1H3. The molecule has 0 aromatic carbocycles. The summed E-state index contributed by atoms with van der Waals surface area (Å²) in [6.07, 6.45) is 7.36. The molecule has 0 bridgehead atoms. The molecule has 0 spiro atoms. The molecule has 0 atom stereocenters. The first kappa shape index (κ1) is 11.2. The second-order valence-corrected chi connectivity index (χ2v) is 3.49. The molecule has 0 N–H and O–H groups in total. The number of carbonyl (C=O) groups is 1. The Morgan fingerprint density at radius 1 is 1.50 bits per heavy atom. The summed E-state index contributed by atoms with van der Waals surface area (Å²) in [6.45, 7) is 0.718. The van der Waals surface area contributed by atoms with Crippen LogP contribution in [0.15, 0.2) is 11.8 Å². The summed E-state index contributed by atoms with van der Waals surface area (Å²) in [4.78, 5) is 11.3. The van der Waals surface area contributed by atoms with E-state index in [1.807, 2.05) is 6.08 Å². The predicted octanol–water partition coefficient (Wildman–Crippen LogP) is 2.41. The molecule has 14 heavy (non-hydrogen) atoms. The van der Waals surface area contributed by atoms with Crippen LogP contribution in [-0.4, -0.2) is 19.7 Å². The zero-order valence-corrected chi connectivity index (χ0v) is 8.75. The molecule has 0 aromatic rings. The van der Waals surface area contributed by atoms with Gasteiger partial charge in [-0.3, -0.25) is 4.79 Å². The van der Waals surface area contributed by atoms with Crippen molar-refractivity contribution < 1.29 is 14.3 Å². The lowest BCUT2D eigenvalue weighted by molar-refractivity contribution is -0.139. The zero-order chi connectivity index (χ0) is 10.2. The molecular weight excluding hydrogens is 180 g/mol. The molecule has 1 rings (SSSR count). The van der Waals surface area contributed by atoms with E-state index in [0.717, 1.165) is 44.5 Å². The highest BCUT2D eigenvalue weighted by molar-refractivity contribution is 5.70. The summed E-state index contributed by atoms with van der Waals surface area (Å²) >= 11 is 0. The van der Waals surface area contributed by atoms with Crippen LogP contribution in [0, 0.1) is 0 Å². The summed E-state index contributed by atoms with van der Waals surface area (Å²) in [5.74, 6) is 0.760. The molecule has 3 nitrogen and oxygen atoms in total. The minimum absolute atomic E-state index is 0.103. The van der Waals surface area contributed by atoms with Gasteiger partial charge in [-0.25, -0.2) is 0 Å². The van der Waals surface area contributed by atoms with E-state index in [2.05, 4.69) is 0 Å². The predicted molar refractivity (Wildman–Crippen MR) is 53.8 cm³/mol. The largest absolute Gasteiger partial charge is 0.431 e. The van der Waals surface area contributed by atoms with Gasteiger partial charge in [0.1, 0.15) is 5.76 Å². The van der Waals surface area contributed by atoms with E-state index in [1.54, 1.807) is 7.11 Å². The number of hydrogen-bond donors (Lipinski definition) is 0.